The molecule has 0 bridgehead atoms. The average molecular weight is 198 g/mol. The molecular formula is C11H22N2O. The van der Waals surface area contributed by atoms with Gasteiger partial charge in [-0.2, -0.15) is 0 Å². The van der Waals surface area contributed by atoms with E-state index >= 15 is 0 Å². The van der Waals surface area contributed by atoms with Crippen LogP contribution in [0.1, 0.15) is 40.0 Å². The van der Waals surface area contributed by atoms with Crippen LogP contribution >= 0.6 is 0 Å². The molecule has 2 N–H and O–H groups in total. The summed E-state index contributed by atoms with van der Waals surface area (Å²) in [5.74, 6) is 0.436. The molecule has 1 rings (SSSR count). The number of nitrogens with one attached hydrogen (secondary N) is 2. The zero-order chi connectivity index (χ0) is 10.6. The maximum Gasteiger partial charge on any atom is 0.223 e. The molecule has 1 saturated heterocycles. The Kier molecular flexibility index (Phi) is 3.93. The van der Waals surface area contributed by atoms with Crippen molar-refractivity contribution >= 4 is 5.91 Å². The quantitative estimate of drug-likeness (QED) is 0.666. The maximum absolute atomic E-state index is 11.8. The number of hydrogen-bond donors (Lipinski definition) is 2. The Morgan fingerprint density at radius 1 is 1.29 bits per heavy atom. The molecule has 1 atom stereocenters. The molecule has 0 radical (unpaired) electrons. The van der Waals surface area contributed by atoms with Gasteiger partial charge in [-0.15, -0.1) is 0 Å². The number of carbonyl (C=O) groups is 1. The number of amides is 1. The summed E-state index contributed by atoms with van der Waals surface area (Å²) in [4.78, 5) is 11.8. The highest BCUT2D eigenvalue weighted by atomic mass is 16.2. The lowest BCUT2D eigenvalue weighted by molar-refractivity contribution is -0.126. The van der Waals surface area contributed by atoms with Crippen LogP contribution in [-0.4, -0.2) is 24.5 Å². The molecule has 1 fully saturated rings. The van der Waals surface area contributed by atoms with Crippen molar-refractivity contribution in [3.63, 3.8) is 0 Å². The van der Waals surface area contributed by atoms with Crippen LogP contribution in [0.25, 0.3) is 0 Å². The summed E-state index contributed by atoms with van der Waals surface area (Å²) in [5, 5.41) is 6.36. The molecule has 1 aliphatic rings. The first-order valence-corrected chi connectivity index (χ1v) is 5.52. The van der Waals surface area contributed by atoms with Crippen LogP contribution in [0.5, 0.6) is 0 Å². The smallest absolute Gasteiger partial charge is 0.223 e. The van der Waals surface area contributed by atoms with E-state index in [0.29, 0.717) is 0 Å². The van der Waals surface area contributed by atoms with Gasteiger partial charge < -0.3 is 10.6 Å². The number of rotatable bonds is 1. The molecule has 14 heavy (non-hydrogen) atoms. The van der Waals surface area contributed by atoms with Gasteiger partial charge in [0.25, 0.3) is 0 Å². The topological polar surface area (TPSA) is 41.1 Å². The lowest BCUT2D eigenvalue weighted by Crippen LogP contribution is -2.44. The summed E-state index contributed by atoms with van der Waals surface area (Å²) in [6.45, 7) is 8.11. The van der Waals surface area contributed by atoms with Crippen molar-refractivity contribution in [3.8, 4) is 0 Å². The SMILES string of the molecule is CC(C)(C)NC(=O)C1CCCNCC1. The third-order valence-corrected chi connectivity index (χ3v) is 2.44. The first-order valence-electron chi connectivity index (χ1n) is 5.52. The van der Waals surface area contributed by atoms with E-state index in [4.69, 9.17) is 0 Å². The van der Waals surface area contributed by atoms with Crippen LogP contribution in [0, 0.1) is 5.92 Å². The molecular weight excluding hydrogens is 176 g/mol. The van der Waals surface area contributed by atoms with Crippen LogP contribution < -0.4 is 10.6 Å². The largest absolute Gasteiger partial charge is 0.351 e. The summed E-state index contributed by atoms with van der Waals surface area (Å²) < 4.78 is 0. The van der Waals surface area contributed by atoms with E-state index in [1.165, 1.54) is 0 Å². The van der Waals surface area contributed by atoms with Gasteiger partial charge in [-0.3, -0.25) is 4.79 Å². The van der Waals surface area contributed by atoms with E-state index in [2.05, 4.69) is 10.6 Å². The van der Waals surface area contributed by atoms with E-state index in [9.17, 15) is 4.79 Å². The second-order valence-electron chi connectivity index (χ2n) is 5.12. The third kappa shape index (κ3) is 4.09. The lowest BCUT2D eigenvalue weighted by Gasteiger charge is -2.24. The molecule has 82 valence electrons. The van der Waals surface area contributed by atoms with Crippen LogP contribution in [0.4, 0.5) is 0 Å². The average Bonchev–Trinajstić information content (AvgIpc) is 2.27. The Balaban J connectivity index is 2.42. The van der Waals surface area contributed by atoms with Crippen molar-refractivity contribution in [1.29, 1.82) is 0 Å². The van der Waals surface area contributed by atoms with Crippen molar-refractivity contribution < 1.29 is 4.79 Å². The summed E-state index contributed by atoms with van der Waals surface area (Å²) in [6.07, 6.45) is 3.11. The van der Waals surface area contributed by atoms with E-state index in [1.807, 2.05) is 20.8 Å². The van der Waals surface area contributed by atoms with Crippen LogP contribution in [0.3, 0.4) is 0 Å². The van der Waals surface area contributed by atoms with Gasteiger partial charge in [0.2, 0.25) is 5.91 Å². The summed E-state index contributed by atoms with van der Waals surface area (Å²) in [5.41, 5.74) is -0.100. The van der Waals surface area contributed by atoms with Gasteiger partial charge in [0, 0.05) is 11.5 Å². The molecule has 3 heteroatoms. The zero-order valence-electron chi connectivity index (χ0n) is 9.52. The van der Waals surface area contributed by atoms with Gasteiger partial charge in [-0.25, -0.2) is 0 Å². The van der Waals surface area contributed by atoms with E-state index in [1.54, 1.807) is 0 Å². The Labute approximate surface area is 86.6 Å². The summed E-state index contributed by atoms with van der Waals surface area (Å²) in [7, 11) is 0. The predicted molar refractivity (Wildman–Crippen MR) is 58.1 cm³/mol. The maximum atomic E-state index is 11.8. The number of carbonyl (C=O) groups excluding carboxylic acids is 1. The molecule has 1 unspecified atom stereocenters. The zero-order valence-corrected chi connectivity index (χ0v) is 9.52. The van der Waals surface area contributed by atoms with Crippen molar-refractivity contribution in [2.24, 2.45) is 5.92 Å². The van der Waals surface area contributed by atoms with E-state index < -0.39 is 0 Å². The van der Waals surface area contributed by atoms with Gasteiger partial charge in [0.05, 0.1) is 0 Å². The highest BCUT2D eigenvalue weighted by molar-refractivity contribution is 5.79. The minimum absolute atomic E-state index is 0.100. The van der Waals surface area contributed by atoms with Crippen molar-refractivity contribution in [2.75, 3.05) is 13.1 Å². The van der Waals surface area contributed by atoms with Crippen molar-refractivity contribution in [3.05, 3.63) is 0 Å². The molecule has 1 amide bonds. The fourth-order valence-corrected chi connectivity index (χ4v) is 1.75. The van der Waals surface area contributed by atoms with Gasteiger partial charge in [-0.1, -0.05) is 0 Å². The lowest BCUT2D eigenvalue weighted by atomic mass is 9.98. The minimum atomic E-state index is -0.100. The molecule has 0 saturated carbocycles. The monoisotopic (exact) mass is 198 g/mol. The van der Waals surface area contributed by atoms with E-state index in [0.717, 1.165) is 32.4 Å². The molecule has 0 aliphatic carbocycles. The molecule has 0 spiro atoms. The Morgan fingerprint density at radius 2 is 2.00 bits per heavy atom. The number of hydrogen-bond acceptors (Lipinski definition) is 2. The van der Waals surface area contributed by atoms with E-state index in [-0.39, 0.29) is 17.4 Å². The van der Waals surface area contributed by atoms with Gasteiger partial charge in [0.1, 0.15) is 0 Å². The molecule has 0 aromatic heterocycles. The minimum Gasteiger partial charge on any atom is -0.351 e. The standard InChI is InChI=1S/C11H22N2O/c1-11(2,3)13-10(14)9-5-4-7-12-8-6-9/h9,12H,4-8H2,1-3H3,(H,13,14). The molecule has 3 nitrogen and oxygen atoms in total. The second kappa shape index (κ2) is 4.78. The van der Waals surface area contributed by atoms with Crippen LogP contribution in [0.2, 0.25) is 0 Å². The van der Waals surface area contributed by atoms with Crippen LogP contribution in [-0.2, 0) is 4.79 Å². The first-order chi connectivity index (χ1) is 6.49. The second-order valence-corrected chi connectivity index (χ2v) is 5.12. The molecule has 1 aliphatic heterocycles. The van der Waals surface area contributed by atoms with Crippen molar-refractivity contribution in [2.45, 2.75) is 45.6 Å². The van der Waals surface area contributed by atoms with Crippen LogP contribution in [0.15, 0.2) is 0 Å². The first kappa shape index (κ1) is 11.5. The molecule has 0 aromatic carbocycles. The fraction of sp³-hybridized carbons (Fsp3) is 0.909. The Bertz CT molecular complexity index is 188. The summed E-state index contributed by atoms with van der Waals surface area (Å²) in [6, 6.07) is 0. The van der Waals surface area contributed by atoms with Crippen molar-refractivity contribution in [1.82, 2.24) is 10.6 Å². The van der Waals surface area contributed by atoms with Gasteiger partial charge >= 0.3 is 0 Å². The molecule has 0 aromatic rings. The normalized spacial score (nSPS) is 24.1. The van der Waals surface area contributed by atoms with Gasteiger partial charge in [-0.05, 0) is 53.1 Å². The van der Waals surface area contributed by atoms with Gasteiger partial charge in [0.15, 0.2) is 0 Å². The Hall–Kier alpha value is -0.570. The highest BCUT2D eigenvalue weighted by Gasteiger charge is 2.23. The fourth-order valence-electron chi connectivity index (χ4n) is 1.75. The highest BCUT2D eigenvalue weighted by Crippen LogP contribution is 2.15. The Morgan fingerprint density at radius 3 is 2.64 bits per heavy atom. The third-order valence-electron chi connectivity index (χ3n) is 2.44. The summed E-state index contributed by atoms with van der Waals surface area (Å²) >= 11 is 0. The molecule has 1 heterocycles. The predicted octanol–water partition coefficient (Wildman–Crippen LogP) is 1.29.